The number of ether oxygens (including phenoxy) is 1. The molecule has 114 valence electrons. The van der Waals surface area contributed by atoms with Crippen LogP contribution >= 0.6 is 0 Å². The third-order valence-electron chi connectivity index (χ3n) is 4.01. The maximum Gasteiger partial charge on any atom is 0.312 e. The minimum atomic E-state index is -0.604. The Balaban J connectivity index is 2.33. The van der Waals surface area contributed by atoms with Crippen LogP contribution in [-0.4, -0.2) is 24.4 Å². The molecule has 1 aliphatic carbocycles. The van der Waals surface area contributed by atoms with Gasteiger partial charge in [-0.1, -0.05) is 26.2 Å². The van der Waals surface area contributed by atoms with Crippen molar-refractivity contribution in [3.05, 3.63) is 0 Å². The number of carbonyl (C=O) groups excluding carboxylic acids is 3. The van der Waals surface area contributed by atoms with Crippen molar-refractivity contribution in [2.75, 3.05) is 6.61 Å². The molecule has 1 N–H and O–H groups in total. The van der Waals surface area contributed by atoms with Crippen LogP contribution < -0.4 is 5.32 Å². The van der Waals surface area contributed by atoms with Crippen LogP contribution in [0.25, 0.3) is 0 Å². The highest BCUT2D eigenvalue weighted by molar-refractivity contribution is 5.97. The molecule has 0 bridgehead atoms. The molecule has 5 nitrogen and oxygen atoms in total. The Morgan fingerprint density at radius 3 is 2.30 bits per heavy atom. The van der Waals surface area contributed by atoms with Gasteiger partial charge in [0.25, 0.3) is 5.91 Å². The summed E-state index contributed by atoms with van der Waals surface area (Å²) in [5.41, 5.74) is -0.604. The van der Waals surface area contributed by atoms with Crippen LogP contribution in [0.15, 0.2) is 0 Å². The molecule has 0 atom stereocenters. The second kappa shape index (κ2) is 7.41. The number of carbonyl (C=O) groups is 3. The smallest absolute Gasteiger partial charge is 0.312 e. The van der Waals surface area contributed by atoms with Gasteiger partial charge in [0.15, 0.2) is 6.61 Å². The van der Waals surface area contributed by atoms with Crippen LogP contribution in [0.4, 0.5) is 0 Å². The summed E-state index contributed by atoms with van der Waals surface area (Å²) in [6.45, 7) is 5.02. The first-order chi connectivity index (χ1) is 9.36. The standard InChI is InChI=1S/C15H25NO4/c1-4-15(2,3)14(19)20-10-12(17)16-13(18)11-8-6-5-7-9-11/h11H,4-10H2,1-3H3,(H,16,17,18). The topological polar surface area (TPSA) is 72.5 Å². The molecule has 0 aromatic carbocycles. The van der Waals surface area contributed by atoms with Crippen molar-refractivity contribution in [1.29, 1.82) is 0 Å². The van der Waals surface area contributed by atoms with E-state index in [0.29, 0.717) is 6.42 Å². The predicted molar refractivity (Wildman–Crippen MR) is 74.8 cm³/mol. The molecule has 0 saturated heterocycles. The van der Waals surface area contributed by atoms with Crippen molar-refractivity contribution < 1.29 is 19.1 Å². The number of esters is 1. The van der Waals surface area contributed by atoms with Crippen molar-refractivity contribution in [3.8, 4) is 0 Å². The van der Waals surface area contributed by atoms with Crippen molar-refractivity contribution in [1.82, 2.24) is 5.32 Å². The first-order valence-electron chi connectivity index (χ1n) is 7.37. The Kier molecular flexibility index (Phi) is 6.17. The van der Waals surface area contributed by atoms with Gasteiger partial charge < -0.3 is 4.74 Å². The zero-order valence-corrected chi connectivity index (χ0v) is 12.7. The SMILES string of the molecule is CCC(C)(C)C(=O)OCC(=O)NC(=O)C1CCCCC1. The van der Waals surface area contributed by atoms with Crippen molar-refractivity contribution >= 4 is 17.8 Å². The van der Waals surface area contributed by atoms with Gasteiger partial charge in [-0.3, -0.25) is 19.7 Å². The Hall–Kier alpha value is -1.39. The zero-order valence-electron chi connectivity index (χ0n) is 12.7. The van der Waals surface area contributed by atoms with E-state index in [0.717, 1.165) is 32.1 Å². The first-order valence-corrected chi connectivity index (χ1v) is 7.37. The summed E-state index contributed by atoms with van der Waals surface area (Å²) >= 11 is 0. The molecular weight excluding hydrogens is 258 g/mol. The second-order valence-electron chi connectivity index (χ2n) is 6.06. The van der Waals surface area contributed by atoms with Gasteiger partial charge in [0.2, 0.25) is 5.91 Å². The summed E-state index contributed by atoms with van der Waals surface area (Å²) in [7, 11) is 0. The summed E-state index contributed by atoms with van der Waals surface area (Å²) in [5.74, 6) is -1.27. The van der Waals surface area contributed by atoms with E-state index >= 15 is 0 Å². The van der Waals surface area contributed by atoms with Gasteiger partial charge in [-0.15, -0.1) is 0 Å². The van der Waals surface area contributed by atoms with E-state index in [-0.39, 0.29) is 18.4 Å². The van der Waals surface area contributed by atoms with Crippen LogP contribution in [0, 0.1) is 11.3 Å². The predicted octanol–water partition coefficient (Wildman–Crippen LogP) is 2.19. The maximum absolute atomic E-state index is 11.8. The molecule has 0 aromatic heterocycles. The molecule has 0 aliphatic heterocycles. The summed E-state index contributed by atoms with van der Waals surface area (Å²) in [6.07, 6.45) is 5.53. The van der Waals surface area contributed by atoms with Crippen LogP contribution in [-0.2, 0) is 19.1 Å². The van der Waals surface area contributed by atoms with E-state index in [9.17, 15) is 14.4 Å². The molecule has 1 aliphatic rings. The van der Waals surface area contributed by atoms with E-state index in [1.165, 1.54) is 0 Å². The second-order valence-corrected chi connectivity index (χ2v) is 6.06. The van der Waals surface area contributed by atoms with Crippen molar-refractivity contribution in [2.45, 2.75) is 59.3 Å². The quantitative estimate of drug-likeness (QED) is 0.785. The minimum Gasteiger partial charge on any atom is -0.455 e. The fraction of sp³-hybridized carbons (Fsp3) is 0.800. The van der Waals surface area contributed by atoms with Crippen molar-refractivity contribution in [3.63, 3.8) is 0 Å². The maximum atomic E-state index is 11.8. The summed E-state index contributed by atoms with van der Waals surface area (Å²) < 4.78 is 4.94. The monoisotopic (exact) mass is 283 g/mol. The van der Waals surface area contributed by atoms with Gasteiger partial charge >= 0.3 is 5.97 Å². The third-order valence-corrected chi connectivity index (χ3v) is 4.01. The van der Waals surface area contributed by atoms with Crippen LogP contribution in [0.2, 0.25) is 0 Å². The van der Waals surface area contributed by atoms with Gasteiger partial charge in [0.1, 0.15) is 0 Å². The highest BCUT2D eigenvalue weighted by Gasteiger charge is 2.28. The van der Waals surface area contributed by atoms with E-state index < -0.39 is 17.3 Å². The van der Waals surface area contributed by atoms with Gasteiger partial charge in [-0.25, -0.2) is 0 Å². The van der Waals surface area contributed by atoms with E-state index in [2.05, 4.69) is 5.32 Å². The normalized spacial score (nSPS) is 16.6. The number of amides is 2. The molecule has 0 unspecified atom stereocenters. The number of imide groups is 1. The lowest BCUT2D eigenvalue weighted by atomic mass is 9.89. The van der Waals surface area contributed by atoms with Gasteiger partial charge in [-0.05, 0) is 33.1 Å². The number of nitrogens with one attached hydrogen (secondary N) is 1. The molecule has 0 spiro atoms. The van der Waals surface area contributed by atoms with Gasteiger partial charge in [0, 0.05) is 5.92 Å². The molecule has 0 heterocycles. The Morgan fingerprint density at radius 1 is 1.15 bits per heavy atom. The molecule has 0 radical (unpaired) electrons. The van der Waals surface area contributed by atoms with E-state index in [1.54, 1.807) is 13.8 Å². The number of rotatable bonds is 5. The Bertz CT molecular complexity index is 370. The first kappa shape index (κ1) is 16.7. The third kappa shape index (κ3) is 4.94. The van der Waals surface area contributed by atoms with Gasteiger partial charge in [-0.2, -0.15) is 0 Å². The Labute approximate surface area is 120 Å². The lowest BCUT2D eigenvalue weighted by Gasteiger charge is -2.21. The lowest BCUT2D eigenvalue weighted by molar-refractivity contribution is -0.158. The molecule has 2 amide bonds. The Morgan fingerprint density at radius 2 is 1.75 bits per heavy atom. The molecule has 1 saturated carbocycles. The lowest BCUT2D eigenvalue weighted by Crippen LogP contribution is -2.39. The van der Waals surface area contributed by atoms with E-state index in [1.807, 2.05) is 6.92 Å². The van der Waals surface area contributed by atoms with Crippen LogP contribution in [0.1, 0.15) is 59.3 Å². The van der Waals surface area contributed by atoms with Gasteiger partial charge in [0.05, 0.1) is 5.41 Å². The number of hydrogen-bond acceptors (Lipinski definition) is 4. The zero-order chi connectivity index (χ0) is 15.2. The van der Waals surface area contributed by atoms with Crippen LogP contribution in [0.5, 0.6) is 0 Å². The summed E-state index contributed by atoms with van der Waals surface area (Å²) in [6, 6.07) is 0. The molecule has 5 heteroatoms. The highest BCUT2D eigenvalue weighted by Crippen LogP contribution is 2.23. The van der Waals surface area contributed by atoms with E-state index in [4.69, 9.17) is 4.74 Å². The average Bonchev–Trinajstić information content (AvgIpc) is 2.45. The van der Waals surface area contributed by atoms with Crippen LogP contribution in [0.3, 0.4) is 0 Å². The summed E-state index contributed by atoms with van der Waals surface area (Å²) in [5, 5.41) is 2.32. The molecule has 20 heavy (non-hydrogen) atoms. The highest BCUT2D eigenvalue weighted by atomic mass is 16.5. The van der Waals surface area contributed by atoms with Crippen molar-refractivity contribution in [2.24, 2.45) is 11.3 Å². The summed E-state index contributed by atoms with van der Waals surface area (Å²) in [4.78, 5) is 35.1. The fourth-order valence-electron chi connectivity index (χ4n) is 2.11. The fourth-order valence-corrected chi connectivity index (χ4v) is 2.11. The molecule has 1 fully saturated rings. The molecule has 0 aromatic rings. The average molecular weight is 283 g/mol. The largest absolute Gasteiger partial charge is 0.455 e. The molecule has 1 rings (SSSR count). The molecular formula is C15H25NO4. The minimum absolute atomic E-state index is 0.0736. The number of hydrogen-bond donors (Lipinski definition) is 1.